The maximum absolute atomic E-state index is 11.8. The molecule has 2 aliphatic rings. The molecule has 2 amide bonds. The summed E-state index contributed by atoms with van der Waals surface area (Å²) < 4.78 is 0. The fourth-order valence-electron chi connectivity index (χ4n) is 3.68. The minimum atomic E-state index is -0.0954. The zero-order chi connectivity index (χ0) is 17.8. The summed E-state index contributed by atoms with van der Waals surface area (Å²) in [6.45, 7) is 2.21. The molecule has 2 fully saturated rings. The van der Waals surface area contributed by atoms with E-state index >= 15 is 0 Å². The first kappa shape index (κ1) is 17.0. The molecule has 4 heteroatoms. The number of amides is 2. The third-order valence-corrected chi connectivity index (χ3v) is 5.38. The molecule has 1 saturated heterocycles. The minimum Gasteiger partial charge on any atom is -0.372 e. The van der Waals surface area contributed by atoms with Crippen LogP contribution >= 0.6 is 0 Å². The van der Waals surface area contributed by atoms with Crippen molar-refractivity contribution in [2.75, 3.05) is 23.3 Å². The topological polar surface area (TPSA) is 44.4 Å². The highest BCUT2D eigenvalue weighted by Crippen LogP contribution is 2.27. The number of piperidine rings is 1. The van der Waals surface area contributed by atoms with Gasteiger partial charge in [0.2, 0.25) is 0 Å². The molecule has 0 unspecified atom stereocenters. The third-order valence-electron chi connectivity index (χ3n) is 5.38. The molecule has 0 atom stereocenters. The second-order valence-electron chi connectivity index (χ2n) is 7.54. The molecule has 1 heterocycles. The van der Waals surface area contributed by atoms with Gasteiger partial charge >= 0.3 is 6.03 Å². The predicted octanol–water partition coefficient (Wildman–Crippen LogP) is 4.43. The normalized spacial score (nSPS) is 17.8. The van der Waals surface area contributed by atoms with E-state index < -0.39 is 0 Å². The fraction of sp³-hybridized carbons (Fsp3) is 0.409. The van der Waals surface area contributed by atoms with Crippen molar-refractivity contribution in [3.8, 4) is 0 Å². The number of nitrogens with zero attached hydrogens (tertiary/aromatic N) is 1. The summed E-state index contributed by atoms with van der Waals surface area (Å²) in [5.74, 6) is 0.778. The molecule has 2 aromatic rings. The summed E-state index contributed by atoms with van der Waals surface area (Å²) in [5, 5.41) is 5.85. The Morgan fingerprint density at radius 1 is 0.923 bits per heavy atom. The van der Waals surface area contributed by atoms with Gasteiger partial charge in [-0.25, -0.2) is 4.79 Å². The minimum absolute atomic E-state index is 0.0954. The summed E-state index contributed by atoms with van der Waals surface area (Å²) >= 11 is 0. The van der Waals surface area contributed by atoms with Crippen LogP contribution in [0.4, 0.5) is 16.2 Å². The molecule has 1 aliphatic heterocycles. The highest BCUT2D eigenvalue weighted by molar-refractivity contribution is 5.89. The van der Waals surface area contributed by atoms with Crippen molar-refractivity contribution in [2.24, 2.45) is 5.92 Å². The van der Waals surface area contributed by atoms with Gasteiger partial charge in [-0.1, -0.05) is 30.3 Å². The molecular weight excluding hydrogens is 322 g/mol. The number of nitrogens with one attached hydrogen (secondary N) is 2. The van der Waals surface area contributed by atoms with Crippen LogP contribution in [0.3, 0.4) is 0 Å². The first-order valence-corrected chi connectivity index (χ1v) is 9.73. The molecule has 4 rings (SSSR count). The van der Waals surface area contributed by atoms with Gasteiger partial charge in [0.25, 0.3) is 0 Å². The summed E-state index contributed by atoms with van der Waals surface area (Å²) in [7, 11) is 0. The molecule has 0 aromatic heterocycles. The molecule has 1 aliphatic carbocycles. The quantitative estimate of drug-likeness (QED) is 0.839. The van der Waals surface area contributed by atoms with E-state index in [4.69, 9.17) is 0 Å². The van der Waals surface area contributed by atoms with Gasteiger partial charge in [0.1, 0.15) is 0 Å². The summed E-state index contributed by atoms with van der Waals surface area (Å²) in [4.78, 5) is 14.3. The van der Waals surface area contributed by atoms with Gasteiger partial charge in [-0.3, -0.25) is 0 Å². The van der Waals surface area contributed by atoms with Crippen LogP contribution in [0.15, 0.2) is 54.6 Å². The van der Waals surface area contributed by atoms with E-state index in [1.54, 1.807) is 0 Å². The van der Waals surface area contributed by atoms with E-state index in [1.165, 1.54) is 30.5 Å². The fourth-order valence-corrected chi connectivity index (χ4v) is 3.68. The molecule has 136 valence electrons. The van der Waals surface area contributed by atoms with Crippen molar-refractivity contribution in [3.63, 3.8) is 0 Å². The molecule has 0 radical (unpaired) electrons. The summed E-state index contributed by atoms with van der Waals surface area (Å²) in [6, 6.07) is 19.3. The van der Waals surface area contributed by atoms with Gasteiger partial charge in [-0.05, 0) is 67.9 Å². The Bertz CT molecular complexity index is 717. The number of hydrogen-bond acceptors (Lipinski definition) is 2. The lowest BCUT2D eigenvalue weighted by Crippen LogP contribution is -2.34. The van der Waals surface area contributed by atoms with E-state index in [0.717, 1.165) is 37.5 Å². The highest BCUT2D eigenvalue weighted by Gasteiger charge is 2.23. The van der Waals surface area contributed by atoms with E-state index in [2.05, 4.69) is 58.0 Å². The average Bonchev–Trinajstić information content (AvgIpc) is 3.48. The largest absolute Gasteiger partial charge is 0.372 e. The first-order chi connectivity index (χ1) is 12.8. The van der Waals surface area contributed by atoms with Gasteiger partial charge in [-0.15, -0.1) is 0 Å². The Balaban J connectivity index is 1.26. The number of carbonyl (C=O) groups excluding carboxylic acids is 1. The van der Waals surface area contributed by atoms with Crippen LogP contribution in [0, 0.1) is 5.92 Å². The highest BCUT2D eigenvalue weighted by atomic mass is 16.2. The second-order valence-corrected chi connectivity index (χ2v) is 7.54. The Labute approximate surface area is 155 Å². The van der Waals surface area contributed by atoms with Crippen LogP contribution in [0.5, 0.6) is 0 Å². The molecule has 0 spiro atoms. The second kappa shape index (κ2) is 7.81. The Morgan fingerprint density at radius 2 is 1.62 bits per heavy atom. The molecule has 0 bridgehead atoms. The Hall–Kier alpha value is -2.49. The molecule has 26 heavy (non-hydrogen) atoms. The van der Waals surface area contributed by atoms with Gasteiger partial charge < -0.3 is 15.5 Å². The van der Waals surface area contributed by atoms with E-state index in [9.17, 15) is 4.79 Å². The lowest BCUT2D eigenvalue weighted by atomic mass is 9.90. The SMILES string of the molecule is O=C(Nc1ccc(N2CCC(Cc3ccccc3)CC2)cc1)NC1CC1. The molecule has 4 nitrogen and oxygen atoms in total. The predicted molar refractivity (Wildman–Crippen MR) is 107 cm³/mol. The number of hydrogen-bond donors (Lipinski definition) is 2. The lowest BCUT2D eigenvalue weighted by Gasteiger charge is -2.33. The zero-order valence-corrected chi connectivity index (χ0v) is 15.2. The molecule has 1 saturated carbocycles. The number of urea groups is 1. The number of anilines is 2. The standard InChI is InChI=1S/C22H27N3O/c26-22(23-19-6-7-19)24-20-8-10-21(11-9-20)25-14-12-18(13-15-25)16-17-4-2-1-3-5-17/h1-5,8-11,18-19H,6-7,12-16H2,(H2,23,24,26). The van der Waals surface area contributed by atoms with E-state index in [1.807, 2.05) is 12.1 Å². The van der Waals surface area contributed by atoms with Crippen molar-refractivity contribution >= 4 is 17.4 Å². The third kappa shape index (κ3) is 4.57. The lowest BCUT2D eigenvalue weighted by molar-refractivity contribution is 0.251. The van der Waals surface area contributed by atoms with Gasteiger partial charge in [-0.2, -0.15) is 0 Å². The number of carbonyl (C=O) groups is 1. The van der Waals surface area contributed by atoms with Crippen molar-refractivity contribution in [1.82, 2.24) is 5.32 Å². The van der Waals surface area contributed by atoms with Crippen LogP contribution in [-0.4, -0.2) is 25.2 Å². The smallest absolute Gasteiger partial charge is 0.319 e. The Kier molecular flexibility index (Phi) is 5.09. The first-order valence-electron chi connectivity index (χ1n) is 9.73. The van der Waals surface area contributed by atoms with Crippen molar-refractivity contribution < 1.29 is 4.79 Å². The van der Waals surface area contributed by atoms with Crippen LogP contribution in [0.25, 0.3) is 0 Å². The monoisotopic (exact) mass is 349 g/mol. The van der Waals surface area contributed by atoms with E-state index in [-0.39, 0.29) is 6.03 Å². The number of rotatable bonds is 5. The number of benzene rings is 2. The van der Waals surface area contributed by atoms with Gasteiger partial charge in [0.15, 0.2) is 0 Å². The molecular formula is C22H27N3O. The van der Waals surface area contributed by atoms with Gasteiger partial charge in [0.05, 0.1) is 0 Å². The summed E-state index contributed by atoms with van der Waals surface area (Å²) in [6.07, 6.45) is 5.87. The van der Waals surface area contributed by atoms with Gasteiger partial charge in [0, 0.05) is 30.5 Å². The average molecular weight is 349 g/mol. The molecule has 2 N–H and O–H groups in total. The zero-order valence-electron chi connectivity index (χ0n) is 15.2. The maximum atomic E-state index is 11.8. The Morgan fingerprint density at radius 3 is 2.27 bits per heavy atom. The van der Waals surface area contributed by atoms with Crippen LogP contribution < -0.4 is 15.5 Å². The van der Waals surface area contributed by atoms with Crippen LogP contribution in [-0.2, 0) is 6.42 Å². The van der Waals surface area contributed by atoms with Crippen molar-refractivity contribution in [3.05, 3.63) is 60.2 Å². The maximum Gasteiger partial charge on any atom is 0.319 e. The molecule has 2 aromatic carbocycles. The van der Waals surface area contributed by atoms with E-state index in [0.29, 0.717) is 6.04 Å². The van der Waals surface area contributed by atoms with Crippen LogP contribution in [0.1, 0.15) is 31.2 Å². The summed E-state index contributed by atoms with van der Waals surface area (Å²) in [5.41, 5.74) is 3.55. The van der Waals surface area contributed by atoms with Crippen molar-refractivity contribution in [2.45, 2.75) is 38.1 Å². The van der Waals surface area contributed by atoms with Crippen LogP contribution in [0.2, 0.25) is 0 Å². The van der Waals surface area contributed by atoms with Crippen molar-refractivity contribution in [1.29, 1.82) is 0 Å².